The number of benzene rings is 1. The highest BCUT2D eigenvalue weighted by molar-refractivity contribution is 5.95. The van der Waals surface area contributed by atoms with Gasteiger partial charge in [0.15, 0.2) is 11.6 Å². The van der Waals surface area contributed by atoms with Gasteiger partial charge in [-0.1, -0.05) is 0 Å². The fraction of sp³-hybridized carbons (Fsp3) is 0.400. The zero-order chi connectivity index (χ0) is 20.2. The van der Waals surface area contributed by atoms with Gasteiger partial charge in [0, 0.05) is 24.2 Å². The van der Waals surface area contributed by atoms with Gasteiger partial charge in [-0.2, -0.15) is 0 Å². The lowest BCUT2D eigenvalue weighted by atomic mass is 10.00. The summed E-state index contributed by atoms with van der Waals surface area (Å²) in [5.41, 5.74) is 0.329. The maximum atomic E-state index is 13.7. The predicted octanol–water partition coefficient (Wildman–Crippen LogP) is 3.56. The molecule has 0 radical (unpaired) electrons. The molecule has 2 aromatic rings. The summed E-state index contributed by atoms with van der Waals surface area (Å²) in [5, 5.41) is 13.1. The summed E-state index contributed by atoms with van der Waals surface area (Å²) in [6.45, 7) is 5.56. The van der Waals surface area contributed by atoms with E-state index in [4.69, 9.17) is 0 Å². The Morgan fingerprint density at radius 1 is 1.19 bits per heavy atom. The molecule has 1 atom stereocenters. The van der Waals surface area contributed by atoms with Crippen LogP contribution < -0.4 is 5.32 Å². The van der Waals surface area contributed by atoms with Crippen LogP contribution in [-0.4, -0.2) is 27.6 Å². The van der Waals surface area contributed by atoms with Crippen molar-refractivity contribution in [3.05, 3.63) is 64.7 Å². The van der Waals surface area contributed by atoms with E-state index in [1.54, 1.807) is 12.1 Å². The Bertz CT molecular complexity index is 819. The van der Waals surface area contributed by atoms with Gasteiger partial charge in [0.2, 0.25) is 0 Å². The lowest BCUT2D eigenvalue weighted by Gasteiger charge is -2.21. The molecule has 0 fully saturated rings. The topological polar surface area (TPSA) is 62.2 Å². The molecule has 0 bridgehead atoms. The zero-order valence-electron chi connectivity index (χ0n) is 15.5. The van der Waals surface area contributed by atoms with Gasteiger partial charge in [0.25, 0.3) is 5.91 Å². The number of pyridine rings is 1. The average molecular weight is 380 g/mol. The summed E-state index contributed by atoms with van der Waals surface area (Å²) < 4.78 is 39.9. The third-order valence-electron chi connectivity index (χ3n) is 3.89. The molecule has 0 saturated carbocycles. The van der Waals surface area contributed by atoms with Gasteiger partial charge >= 0.3 is 0 Å². The van der Waals surface area contributed by atoms with Crippen molar-refractivity contribution in [2.75, 3.05) is 0 Å². The van der Waals surface area contributed by atoms with Crippen LogP contribution in [0.3, 0.4) is 0 Å². The first-order valence-corrected chi connectivity index (χ1v) is 8.64. The molecule has 1 unspecified atom stereocenters. The quantitative estimate of drug-likeness (QED) is 0.754. The Balaban J connectivity index is 2.05. The van der Waals surface area contributed by atoms with E-state index < -0.39 is 29.1 Å². The first-order valence-electron chi connectivity index (χ1n) is 8.64. The summed E-state index contributed by atoms with van der Waals surface area (Å²) in [7, 11) is 0. The van der Waals surface area contributed by atoms with Crippen molar-refractivity contribution < 1.29 is 23.1 Å². The SMILES string of the molecule is CC(C)(C)NC(=O)c1cccnc1CC(O)CCc1cc(F)c(F)cc1F. The number of aliphatic hydroxyl groups excluding tert-OH is 1. The smallest absolute Gasteiger partial charge is 0.253 e. The van der Waals surface area contributed by atoms with Crippen molar-refractivity contribution in [3.8, 4) is 0 Å². The Hall–Kier alpha value is -2.41. The predicted molar refractivity (Wildman–Crippen MR) is 95.8 cm³/mol. The number of nitrogens with zero attached hydrogens (tertiary/aromatic N) is 1. The van der Waals surface area contributed by atoms with Crippen LogP contribution in [0.2, 0.25) is 0 Å². The number of carbonyl (C=O) groups excluding carboxylic acids is 1. The van der Waals surface area contributed by atoms with Crippen LogP contribution in [0.4, 0.5) is 13.2 Å². The van der Waals surface area contributed by atoms with Gasteiger partial charge in [-0.05, 0) is 57.4 Å². The number of rotatable bonds is 6. The van der Waals surface area contributed by atoms with Crippen molar-refractivity contribution in [3.63, 3.8) is 0 Å². The Kier molecular flexibility index (Phi) is 6.59. The van der Waals surface area contributed by atoms with E-state index in [1.165, 1.54) is 6.20 Å². The Morgan fingerprint density at radius 3 is 2.52 bits per heavy atom. The molecule has 0 aliphatic carbocycles. The Morgan fingerprint density at radius 2 is 1.85 bits per heavy atom. The number of aromatic nitrogens is 1. The second-order valence-corrected chi connectivity index (χ2v) is 7.46. The van der Waals surface area contributed by atoms with Crippen LogP contribution in [0.5, 0.6) is 0 Å². The number of aryl methyl sites for hydroxylation is 1. The maximum absolute atomic E-state index is 13.7. The van der Waals surface area contributed by atoms with Crippen LogP contribution in [0.15, 0.2) is 30.5 Å². The minimum atomic E-state index is -1.25. The Labute approximate surface area is 156 Å². The van der Waals surface area contributed by atoms with Gasteiger partial charge < -0.3 is 10.4 Å². The minimum Gasteiger partial charge on any atom is -0.393 e. The minimum absolute atomic E-state index is 0.0142. The molecule has 0 spiro atoms. The lowest BCUT2D eigenvalue weighted by Crippen LogP contribution is -2.41. The molecule has 2 N–H and O–H groups in total. The van der Waals surface area contributed by atoms with Gasteiger partial charge in [-0.15, -0.1) is 0 Å². The molecule has 0 aliphatic heterocycles. The van der Waals surface area contributed by atoms with Gasteiger partial charge in [0.1, 0.15) is 5.82 Å². The normalized spacial score (nSPS) is 12.7. The van der Waals surface area contributed by atoms with E-state index in [-0.39, 0.29) is 30.7 Å². The average Bonchev–Trinajstić information content (AvgIpc) is 2.56. The summed E-state index contributed by atoms with van der Waals surface area (Å²) in [6, 6.07) is 4.53. The maximum Gasteiger partial charge on any atom is 0.253 e. The summed E-state index contributed by atoms with van der Waals surface area (Å²) in [5.74, 6) is -3.54. The molecule has 1 aromatic heterocycles. The first-order chi connectivity index (χ1) is 12.6. The van der Waals surface area contributed by atoms with Crippen LogP contribution >= 0.6 is 0 Å². The van der Waals surface area contributed by atoms with Crippen molar-refractivity contribution in [2.24, 2.45) is 0 Å². The molecular weight excluding hydrogens is 357 g/mol. The molecule has 146 valence electrons. The fourth-order valence-electron chi connectivity index (χ4n) is 2.62. The molecule has 1 aromatic carbocycles. The number of aliphatic hydroxyl groups is 1. The standard InChI is InChI=1S/C20H23F3N2O2/c1-20(2,3)25-19(27)14-5-4-8-24-18(14)10-13(26)7-6-12-9-16(22)17(23)11-15(12)21/h4-5,8-9,11,13,26H,6-7,10H2,1-3H3,(H,25,27). The molecule has 27 heavy (non-hydrogen) atoms. The van der Waals surface area contributed by atoms with E-state index in [0.717, 1.165) is 6.07 Å². The molecule has 2 rings (SSSR count). The number of hydrogen-bond acceptors (Lipinski definition) is 3. The number of halogens is 3. The van der Waals surface area contributed by atoms with E-state index in [9.17, 15) is 23.1 Å². The number of amides is 1. The zero-order valence-corrected chi connectivity index (χ0v) is 15.5. The van der Waals surface area contributed by atoms with Crippen LogP contribution in [0.1, 0.15) is 48.8 Å². The second-order valence-electron chi connectivity index (χ2n) is 7.46. The molecule has 4 nitrogen and oxygen atoms in total. The third-order valence-corrected chi connectivity index (χ3v) is 3.89. The highest BCUT2D eigenvalue weighted by Crippen LogP contribution is 2.18. The number of hydrogen-bond donors (Lipinski definition) is 2. The van der Waals surface area contributed by atoms with Crippen LogP contribution in [-0.2, 0) is 12.8 Å². The van der Waals surface area contributed by atoms with E-state index in [2.05, 4.69) is 10.3 Å². The number of nitrogens with one attached hydrogen (secondary N) is 1. The van der Waals surface area contributed by atoms with Gasteiger partial charge in [0.05, 0.1) is 17.4 Å². The second kappa shape index (κ2) is 8.52. The van der Waals surface area contributed by atoms with Crippen molar-refractivity contribution in [1.29, 1.82) is 0 Å². The fourth-order valence-corrected chi connectivity index (χ4v) is 2.62. The van der Waals surface area contributed by atoms with Gasteiger partial charge in [-0.25, -0.2) is 13.2 Å². The van der Waals surface area contributed by atoms with E-state index in [1.807, 2.05) is 20.8 Å². The molecule has 1 amide bonds. The largest absolute Gasteiger partial charge is 0.393 e. The molecule has 1 heterocycles. The van der Waals surface area contributed by atoms with E-state index >= 15 is 0 Å². The summed E-state index contributed by atoms with van der Waals surface area (Å²) in [6.07, 6.45) is 0.817. The molecule has 0 saturated heterocycles. The highest BCUT2D eigenvalue weighted by Gasteiger charge is 2.20. The van der Waals surface area contributed by atoms with Crippen molar-refractivity contribution >= 4 is 5.91 Å². The third kappa shape index (κ3) is 6.06. The van der Waals surface area contributed by atoms with Gasteiger partial charge in [-0.3, -0.25) is 9.78 Å². The highest BCUT2D eigenvalue weighted by atomic mass is 19.2. The molecular formula is C20H23F3N2O2. The first kappa shape index (κ1) is 20.9. The van der Waals surface area contributed by atoms with Crippen LogP contribution in [0.25, 0.3) is 0 Å². The molecule has 7 heteroatoms. The lowest BCUT2D eigenvalue weighted by molar-refractivity contribution is 0.0917. The summed E-state index contributed by atoms with van der Waals surface area (Å²) in [4.78, 5) is 16.6. The van der Waals surface area contributed by atoms with Crippen molar-refractivity contribution in [1.82, 2.24) is 10.3 Å². The number of carbonyl (C=O) groups is 1. The molecule has 0 aliphatic rings. The summed E-state index contributed by atoms with van der Waals surface area (Å²) >= 11 is 0. The van der Waals surface area contributed by atoms with Crippen LogP contribution in [0, 0.1) is 17.5 Å². The monoisotopic (exact) mass is 380 g/mol. The van der Waals surface area contributed by atoms with Crippen molar-refractivity contribution in [2.45, 2.75) is 51.7 Å². The van der Waals surface area contributed by atoms with E-state index in [0.29, 0.717) is 17.3 Å².